The molecule has 0 aromatic carbocycles. The zero-order chi connectivity index (χ0) is 19.3. The first kappa shape index (κ1) is 19.5. The van der Waals surface area contributed by atoms with Crippen LogP contribution in [0, 0.1) is 13.8 Å². The van der Waals surface area contributed by atoms with E-state index in [1.165, 1.54) is 87.2 Å². The highest BCUT2D eigenvalue weighted by molar-refractivity contribution is 5.56. The van der Waals surface area contributed by atoms with Crippen molar-refractivity contribution in [3.8, 4) is 11.4 Å². The molecule has 0 unspecified atom stereocenters. The minimum Gasteiger partial charge on any atom is -0.298 e. The molecule has 2 aliphatic rings. The molecule has 2 fully saturated rings. The Morgan fingerprint density at radius 3 is 1.39 bits per heavy atom. The number of rotatable bonds is 5. The van der Waals surface area contributed by atoms with Gasteiger partial charge in [0, 0.05) is 13.1 Å². The van der Waals surface area contributed by atoms with E-state index >= 15 is 0 Å². The van der Waals surface area contributed by atoms with Gasteiger partial charge in [0.05, 0.1) is 22.8 Å². The van der Waals surface area contributed by atoms with Crippen LogP contribution in [-0.2, 0) is 13.1 Å². The lowest BCUT2D eigenvalue weighted by atomic mass is 10.1. The molecule has 0 spiro atoms. The summed E-state index contributed by atoms with van der Waals surface area (Å²) in [4.78, 5) is 15.1. The van der Waals surface area contributed by atoms with Crippen molar-refractivity contribution in [1.29, 1.82) is 0 Å². The van der Waals surface area contributed by atoms with Gasteiger partial charge in [-0.25, -0.2) is 9.97 Å². The van der Waals surface area contributed by atoms with Crippen molar-refractivity contribution in [1.82, 2.24) is 19.8 Å². The van der Waals surface area contributed by atoms with Crippen LogP contribution in [-0.4, -0.2) is 45.9 Å². The predicted octanol–water partition coefficient (Wildman–Crippen LogP) is 4.73. The molecular formula is C24H34N4. The normalized spacial score (nSPS) is 19.1. The van der Waals surface area contributed by atoms with E-state index in [1.807, 2.05) is 0 Å². The molecule has 2 aromatic rings. The molecular weight excluding hydrogens is 344 g/mol. The Bertz CT molecular complexity index is 722. The number of aryl methyl sites for hydroxylation is 2. The molecule has 2 aliphatic heterocycles. The SMILES string of the molecule is Cc1cc(CN2CCCCC2)nc(-c2cc(C)cc(CN3CCCCC3)n2)c1. The summed E-state index contributed by atoms with van der Waals surface area (Å²) >= 11 is 0. The standard InChI is InChI=1S/C24H34N4/c1-19-13-21(17-27-9-5-3-6-10-27)25-23(15-19)24-16-20(2)14-22(26-24)18-28-11-7-4-8-12-28/h13-16H,3-12,17-18H2,1-2H3. The largest absolute Gasteiger partial charge is 0.298 e. The molecule has 28 heavy (non-hydrogen) atoms. The Kier molecular flexibility index (Phi) is 6.38. The number of likely N-dealkylation sites (tertiary alicyclic amines) is 2. The predicted molar refractivity (Wildman–Crippen MR) is 115 cm³/mol. The molecule has 0 saturated carbocycles. The molecule has 0 atom stereocenters. The molecule has 2 aromatic heterocycles. The first-order chi connectivity index (χ1) is 13.7. The monoisotopic (exact) mass is 378 g/mol. The minimum atomic E-state index is 0.959. The molecule has 0 radical (unpaired) electrons. The Morgan fingerprint density at radius 2 is 1.00 bits per heavy atom. The fourth-order valence-electron chi connectivity index (χ4n) is 4.60. The van der Waals surface area contributed by atoms with Gasteiger partial charge in [0.1, 0.15) is 0 Å². The number of aromatic nitrogens is 2. The topological polar surface area (TPSA) is 32.3 Å². The van der Waals surface area contributed by atoms with Crippen LogP contribution in [0.3, 0.4) is 0 Å². The maximum absolute atomic E-state index is 5.01. The van der Waals surface area contributed by atoms with Crippen molar-refractivity contribution in [2.24, 2.45) is 0 Å². The summed E-state index contributed by atoms with van der Waals surface area (Å²) in [5.41, 5.74) is 6.96. The summed E-state index contributed by atoms with van der Waals surface area (Å²) in [6.45, 7) is 11.1. The maximum Gasteiger partial charge on any atom is 0.0892 e. The number of hydrogen-bond acceptors (Lipinski definition) is 4. The van der Waals surface area contributed by atoms with Crippen molar-refractivity contribution in [2.45, 2.75) is 65.5 Å². The van der Waals surface area contributed by atoms with Crippen molar-refractivity contribution in [3.05, 3.63) is 46.8 Å². The highest BCUT2D eigenvalue weighted by Crippen LogP contribution is 2.22. The lowest BCUT2D eigenvalue weighted by molar-refractivity contribution is 0.218. The van der Waals surface area contributed by atoms with Crippen LogP contribution in [0.1, 0.15) is 61.0 Å². The number of nitrogens with zero attached hydrogens (tertiary/aromatic N) is 4. The van der Waals surface area contributed by atoms with Gasteiger partial charge in [0.2, 0.25) is 0 Å². The molecule has 4 rings (SSSR count). The van der Waals surface area contributed by atoms with Gasteiger partial charge in [-0.05, 0) is 101 Å². The fraction of sp³-hybridized carbons (Fsp3) is 0.583. The molecule has 150 valence electrons. The first-order valence-corrected chi connectivity index (χ1v) is 11.1. The molecule has 0 bridgehead atoms. The third-order valence-electron chi connectivity index (χ3n) is 5.98. The van der Waals surface area contributed by atoms with Crippen molar-refractivity contribution in [3.63, 3.8) is 0 Å². The van der Waals surface area contributed by atoms with Gasteiger partial charge in [0.15, 0.2) is 0 Å². The van der Waals surface area contributed by atoms with Crippen LogP contribution < -0.4 is 0 Å². The quantitative estimate of drug-likeness (QED) is 0.753. The zero-order valence-electron chi connectivity index (χ0n) is 17.6. The molecule has 0 aliphatic carbocycles. The molecule has 4 nitrogen and oxygen atoms in total. The van der Waals surface area contributed by atoms with Gasteiger partial charge in [-0.3, -0.25) is 9.80 Å². The molecule has 4 heterocycles. The van der Waals surface area contributed by atoms with Gasteiger partial charge < -0.3 is 0 Å². The Labute approximate surface area is 170 Å². The van der Waals surface area contributed by atoms with Crippen molar-refractivity contribution < 1.29 is 0 Å². The van der Waals surface area contributed by atoms with Gasteiger partial charge in [0.25, 0.3) is 0 Å². The van der Waals surface area contributed by atoms with Gasteiger partial charge >= 0.3 is 0 Å². The van der Waals surface area contributed by atoms with Gasteiger partial charge in [-0.1, -0.05) is 12.8 Å². The molecule has 4 heteroatoms. The van der Waals surface area contributed by atoms with Crippen molar-refractivity contribution >= 4 is 0 Å². The highest BCUT2D eigenvalue weighted by atomic mass is 15.1. The summed E-state index contributed by atoms with van der Waals surface area (Å²) in [6, 6.07) is 8.85. The fourth-order valence-corrected chi connectivity index (χ4v) is 4.60. The highest BCUT2D eigenvalue weighted by Gasteiger charge is 2.15. The second-order valence-corrected chi connectivity index (χ2v) is 8.72. The number of pyridine rings is 2. The summed E-state index contributed by atoms with van der Waals surface area (Å²) in [5, 5.41) is 0. The maximum atomic E-state index is 5.01. The summed E-state index contributed by atoms with van der Waals surface area (Å²) in [7, 11) is 0. The lowest BCUT2D eigenvalue weighted by Gasteiger charge is -2.26. The number of hydrogen-bond donors (Lipinski definition) is 0. The van der Waals surface area contributed by atoms with E-state index in [0.717, 1.165) is 24.5 Å². The van der Waals surface area contributed by atoms with Crippen molar-refractivity contribution in [2.75, 3.05) is 26.2 Å². The van der Waals surface area contributed by atoms with Crippen LogP contribution in [0.5, 0.6) is 0 Å². The van der Waals surface area contributed by atoms with Crippen LogP contribution in [0.4, 0.5) is 0 Å². The molecule has 0 amide bonds. The third kappa shape index (κ3) is 5.18. The molecule has 0 N–H and O–H groups in total. The van der Waals surface area contributed by atoms with E-state index in [1.54, 1.807) is 0 Å². The van der Waals surface area contributed by atoms with Crippen LogP contribution in [0.15, 0.2) is 24.3 Å². The second kappa shape index (κ2) is 9.15. The third-order valence-corrected chi connectivity index (χ3v) is 5.98. The van der Waals surface area contributed by atoms with Crippen LogP contribution in [0.2, 0.25) is 0 Å². The zero-order valence-corrected chi connectivity index (χ0v) is 17.6. The average molecular weight is 379 g/mol. The van der Waals surface area contributed by atoms with E-state index < -0.39 is 0 Å². The number of piperidine rings is 2. The van der Waals surface area contributed by atoms with E-state index in [0.29, 0.717) is 0 Å². The molecule has 2 saturated heterocycles. The van der Waals surface area contributed by atoms with Crippen LogP contribution >= 0.6 is 0 Å². The Morgan fingerprint density at radius 1 is 0.607 bits per heavy atom. The van der Waals surface area contributed by atoms with E-state index in [-0.39, 0.29) is 0 Å². The van der Waals surface area contributed by atoms with E-state index in [4.69, 9.17) is 9.97 Å². The van der Waals surface area contributed by atoms with E-state index in [2.05, 4.69) is 47.9 Å². The summed E-state index contributed by atoms with van der Waals surface area (Å²) in [5.74, 6) is 0. The second-order valence-electron chi connectivity index (χ2n) is 8.72. The average Bonchev–Trinajstić information content (AvgIpc) is 2.69. The van der Waals surface area contributed by atoms with Crippen LogP contribution in [0.25, 0.3) is 11.4 Å². The van der Waals surface area contributed by atoms with E-state index in [9.17, 15) is 0 Å². The minimum absolute atomic E-state index is 0.959. The summed E-state index contributed by atoms with van der Waals surface area (Å²) in [6.07, 6.45) is 8.01. The first-order valence-electron chi connectivity index (χ1n) is 11.1. The summed E-state index contributed by atoms with van der Waals surface area (Å²) < 4.78 is 0. The van der Waals surface area contributed by atoms with Gasteiger partial charge in [-0.2, -0.15) is 0 Å². The Balaban J connectivity index is 1.55. The lowest BCUT2D eigenvalue weighted by Crippen LogP contribution is -2.29. The van der Waals surface area contributed by atoms with Gasteiger partial charge in [-0.15, -0.1) is 0 Å². The smallest absolute Gasteiger partial charge is 0.0892 e. The Hall–Kier alpha value is -1.78.